The molecule has 1 heterocycles. The van der Waals surface area contributed by atoms with Gasteiger partial charge in [-0.2, -0.15) is 11.8 Å². The van der Waals surface area contributed by atoms with Gasteiger partial charge in [-0.05, 0) is 30.0 Å². The van der Waals surface area contributed by atoms with Gasteiger partial charge in [-0.15, -0.1) is 0 Å². The quantitative estimate of drug-likeness (QED) is 0.772. The zero-order valence-electron chi connectivity index (χ0n) is 16.0. The number of nitrogens with zero attached hydrogens (tertiary/aromatic N) is 1. The van der Waals surface area contributed by atoms with Gasteiger partial charge in [0.1, 0.15) is 6.04 Å². The molecule has 1 aliphatic heterocycles. The molecule has 1 fully saturated rings. The van der Waals surface area contributed by atoms with Gasteiger partial charge in [-0.3, -0.25) is 9.59 Å². The molecule has 2 aromatic carbocycles. The van der Waals surface area contributed by atoms with Gasteiger partial charge in [0.15, 0.2) is 0 Å². The van der Waals surface area contributed by atoms with Crippen molar-refractivity contribution in [3.05, 3.63) is 71.3 Å². The average Bonchev–Trinajstić information content (AvgIpc) is 3.34. The Balaban J connectivity index is 1.46. The van der Waals surface area contributed by atoms with Crippen molar-refractivity contribution in [3.63, 3.8) is 0 Å². The van der Waals surface area contributed by atoms with Gasteiger partial charge in [-0.25, -0.2) is 0 Å². The second kappa shape index (κ2) is 8.82. The highest BCUT2D eigenvalue weighted by atomic mass is 32.2. The first-order chi connectivity index (χ1) is 13.7. The fourth-order valence-corrected chi connectivity index (χ4v) is 5.17. The Morgan fingerprint density at radius 1 is 1.07 bits per heavy atom. The fraction of sp³-hybridized carbons (Fsp3) is 0.391. The minimum Gasteiger partial charge on any atom is -0.352 e. The molecular weight excluding hydrogens is 368 g/mol. The number of fused-ring (bicyclic) bond motifs is 1. The number of rotatable bonds is 7. The Morgan fingerprint density at radius 2 is 1.79 bits per heavy atom. The fourth-order valence-electron chi connectivity index (χ4n) is 4.07. The summed E-state index contributed by atoms with van der Waals surface area (Å²) in [4.78, 5) is 27.8. The highest BCUT2D eigenvalue weighted by Crippen LogP contribution is 2.27. The van der Waals surface area contributed by atoms with E-state index < -0.39 is 6.04 Å². The molecule has 2 amide bonds. The molecule has 0 unspecified atom stereocenters. The zero-order chi connectivity index (χ0) is 19.3. The Hall–Kier alpha value is -2.27. The van der Waals surface area contributed by atoms with E-state index in [1.165, 1.54) is 18.4 Å². The summed E-state index contributed by atoms with van der Waals surface area (Å²) in [6.07, 6.45) is 4.44. The van der Waals surface area contributed by atoms with Crippen molar-refractivity contribution in [3.8, 4) is 0 Å². The summed E-state index contributed by atoms with van der Waals surface area (Å²) in [6.45, 7) is 0.518. The van der Waals surface area contributed by atoms with Gasteiger partial charge in [0.2, 0.25) is 5.91 Å². The predicted molar refractivity (Wildman–Crippen MR) is 113 cm³/mol. The average molecular weight is 395 g/mol. The summed E-state index contributed by atoms with van der Waals surface area (Å²) in [5.41, 5.74) is 2.98. The molecule has 1 N–H and O–H groups in total. The van der Waals surface area contributed by atoms with Gasteiger partial charge < -0.3 is 10.2 Å². The van der Waals surface area contributed by atoms with E-state index in [-0.39, 0.29) is 17.9 Å². The van der Waals surface area contributed by atoms with Gasteiger partial charge in [0.25, 0.3) is 5.91 Å². The first kappa shape index (κ1) is 19.1. The van der Waals surface area contributed by atoms with E-state index in [1.54, 1.807) is 16.7 Å². The van der Waals surface area contributed by atoms with Crippen LogP contribution in [0.1, 0.15) is 47.2 Å². The third kappa shape index (κ3) is 4.25. The summed E-state index contributed by atoms with van der Waals surface area (Å²) in [7, 11) is 0. The Morgan fingerprint density at radius 3 is 2.54 bits per heavy atom. The number of benzene rings is 2. The second-order valence-corrected chi connectivity index (χ2v) is 8.63. The number of nitrogens with one attached hydrogen (secondary N) is 1. The number of hydrogen-bond donors (Lipinski definition) is 1. The van der Waals surface area contributed by atoms with E-state index in [9.17, 15) is 9.59 Å². The normalized spacial score (nSPS) is 17.6. The van der Waals surface area contributed by atoms with Crippen molar-refractivity contribution in [2.75, 3.05) is 5.75 Å². The summed E-state index contributed by atoms with van der Waals surface area (Å²) >= 11 is 1.71. The molecule has 1 aliphatic carbocycles. The maximum atomic E-state index is 13.1. The lowest BCUT2D eigenvalue weighted by Gasteiger charge is -2.28. The molecule has 1 atom stereocenters. The van der Waals surface area contributed by atoms with Crippen molar-refractivity contribution in [1.29, 1.82) is 0 Å². The molecule has 0 aromatic heterocycles. The number of thioether (sulfide) groups is 1. The van der Waals surface area contributed by atoms with Crippen LogP contribution in [0.25, 0.3) is 0 Å². The molecule has 146 valence electrons. The van der Waals surface area contributed by atoms with Crippen LogP contribution < -0.4 is 5.32 Å². The lowest BCUT2D eigenvalue weighted by atomic mass is 10.1. The molecule has 0 radical (unpaired) electrons. The molecule has 1 saturated carbocycles. The topological polar surface area (TPSA) is 49.4 Å². The van der Waals surface area contributed by atoms with Crippen molar-refractivity contribution in [2.24, 2.45) is 0 Å². The molecule has 0 bridgehead atoms. The van der Waals surface area contributed by atoms with Gasteiger partial charge in [0.05, 0.1) is 0 Å². The van der Waals surface area contributed by atoms with E-state index in [1.807, 2.05) is 42.5 Å². The maximum Gasteiger partial charge on any atom is 0.255 e. The number of hydrogen-bond acceptors (Lipinski definition) is 3. The van der Waals surface area contributed by atoms with E-state index in [2.05, 4.69) is 17.4 Å². The van der Waals surface area contributed by atoms with Crippen LogP contribution >= 0.6 is 11.8 Å². The monoisotopic (exact) mass is 394 g/mol. The predicted octanol–water partition coefficient (Wildman–Crippen LogP) is 4.00. The number of carbonyl (C=O) groups excluding carboxylic acids is 2. The molecule has 5 heteroatoms. The zero-order valence-corrected chi connectivity index (χ0v) is 16.8. The van der Waals surface area contributed by atoms with Crippen LogP contribution in [0, 0.1) is 0 Å². The van der Waals surface area contributed by atoms with E-state index in [0.29, 0.717) is 12.3 Å². The van der Waals surface area contributed by atoms with Gasteiger partial charge in [-0.1, -0.05) is 61.4 Å². The third-order valence-electron chi connectivity index (χ3n) is 5.62. The Bertz CT molecular complexity index is 834. The maximum absolute atomic E-state index is 13.1. The lowest BCUT2D eigenvalue weighted by molar-refractivity contribution is -0.125. The van der Waals surface area contributed by atoms with Crippen LogP contribution in [-0.4, -0.2) is 34.6 Å². The van der Waals surface area contributed by atoms with Crippen LogP contribution in [0.3, 0.4) is 0 Å². The van der Waals surface area contributed by atoms with Crippen molar-refractivity contribution in [2.45, 2.75) is 50.1 Å². The standard InChI is InChI=1S/C23H26N2O2S/c26-22(24-19-11-5-6-12-19)21(16-28-15-17-8-2-1-3-9-17)25-14-18-10-4-7-13-20(18)23(25)27/h1-4,7-10,13,19,21H,5-6,11-12,14-16H2,(H,24,26)/t21-/m0/s1. The summed E-state index contributed by atoms with van der Waals surface area (Å²) in [6, 6.07) is 17.8. The van der Waals surface area contributed by atoms with E-state index >= 15 is 0 Å². The first-order valence-corrected chi connectivity index (χ1v) is 11.2. The van der Waals surface area contributed by atoms with Crippen molar-refractivity contribution in [1.82, 2.24) is 10.2 Å². The molecule has 4 rings (SSSR count). The lowest BCUT2D eigenvalue weighted by Crippen LogP contribution is -2.50. The number of amides is 2. The minimum atomic E-state index is -0.436. The molecule has 2 aromatic rings. The van der Waals surface area contributed by atoms with Crippen LogP contribution in [-0.2, 0) is 17.1 Å². The van der Waals surface area contributed by atoms with Crippen LogP contribution in [0.15, 0.2) is 54.6 Å². The van der Waals surface area contributed by atoms with E-state index in [0.717, 1.165) is 29.7 Å². The summed E-state index contributed by atoms with van der Waals surface area (Å²) < 4.78 is 0. The van der Waals surface area contributed by atoms with Crippen LogP contribution in [0.4, 0.5) is 0 Å². The smallest absolute Gasteiger partial charge is 0.255 e. The summed E-state index contributed by atoms with van der Waals surface area (Å²) in [5, 5.41) is 3.21. The Kier molecular flexibility index (Phi) is 6.01. The highest BCUT2D eigenvalue weighted by Gasteiger charge is 2.36. The summed E-state index contributed by atoms with van der Waals surface area (Å²) in [5.74, 6) is 1.41. The Labute approximate surface area is 170 Å². The third-order valence-corrected chi connectivity index (χ3v) is 6.71. The molecule has 0 saturated heterocycles. The van der Waals surface area contributed by atoms with Crippen LogP contribution in [0.5, 0.6) is 0 Å². The molecule has 2 aliphatic rings. The first-order valence-electron chi connectivity index (χ1n) is 10.0. The number of carbonyl (C=O) groups is 2. The molecule has 4 nitrogen and oxygen atoms in total. The second-order valence-electron chi connectivity index (χ2n) is 7.60. The van der Waals surface area contributed by atoms with Gasteiger partial charge in [0, 0.05) is 29.7 Å². The van der Waals surface area contributed by atoms with E-state index in [4.69, 9.17) is 0 Å². The largest absolute Gasteiger partial charge is 0.352 e. The van der Waals surface area contributed by atoms with Crippen molar-refractivity contribution < 1.29 is 9.59 Å². The molecular formula is C23H26N2O2S. The SMILES string of the molecule is O=C(NC1CCCC1)[C@H](CSCc1ccccc1)N1Cc2ccccc2C1=O. The minimum absolute atomic E-state index is 0.00591. The molecule has 0 spiro atoms. The van der Waals surface area contributed by atoms with Gasteiger partial charge >= 0.3 is 0 Å². The highest BCUT2D eigenvalue weighted by molar-refractivity contribution is 7.98. The van der Waals surface area contributed by atoms with Crippen LogP contribution in [0.2, 0.25) is 0 Å². The van der Waals surface area contributed by atoms with Crippen molar-refractivity contribution >= 4 is 23.6 Å². The molecule has 28 heavy (non-hydrogen) atoms.